The van der Waals surface area contributed by atoms with Crippen LogP contribution in [0.3, 0.4) is 0 Å². The number of hydrogen-bond acceptors (Lipinski definition) is 15. The average Bonchev–Trinajstić information content (AvgIpc) is 1.60. The molecule has 0 radical (unpaired) electrons. The van der Waals surface area contributed by atoms with Gasteiger partial charge in [0, 0.05) is 94.4 Å². The summed E-state index contributed by atoms with van der Waals surface area (Å²) in [5, 5.41) is 9.26. The highest BCUT2D eigenvalue weighted by Gasteiger charge is 2.60. The molecule has 12 rings (SSSR count). The molecule has 670 valence electrons. The van der Waals surface area contributed by atoms with Gasteiger partial charge in [-0.05, 0) is 136 Å². The summed E-state index contributed by atoms with van der Waals surface area (Å²) in [5.41, 5.74) is 3.28. The van der Waals surface area contributed by atoms with Crippen LogP contribution in [0, 0.1) is 59.2 Å². The summed E-state index contributed by atoms with van der Waals surface area (Å²) in [5.74, 6) is -2.92. The number of rotatable bonds is 31. The maximum atomic E-state index is 14.3. The zero-order chi connectivity index (χ0) is 85.7. The number of sulfonamides is 3. The first-order valence-electron chi connectivity index (χ1n) is 44.5. The van der Waals surface area contributed by atoms with Gasteiger partial charge in [0.1, 0.15) is 35.5 Å². The van der Waals surface area contributed by atoms with Crippen molar-refractivity contribution in [3.05, 3.63) is 108 Å². The normalized spacial score (nSPS) is 26.0. The van der Waals surface area contributed by atoms with Crippen molar-refractivity contribution in [2.45, 2.75) is 304 Å². The zero-order valence-electron chi connectivity index (χ0n) is 72.2. The van der Waals surface area contributed by atoms with Gasteiger partial charge >= 0.3 is 0 Å². The van der Waals surface area contributed by atoms with Crippen LogP contribution in [0.5, 0.6) is 0 Å². The molecule has 3 N–H and O–H groups in total. The Labute approximate surface area is 719 Å². The van der Waals surface area contributed by atoms with Crippen molar-refractivity contribution in [3.8, 4) is 0 Å². The first-order chi connectivity index (χ1) is 56.1. The maximum Gasteiger partial charge on any atom is 0.245 e. The number of ketones is 3. The van der Waals surface area contributed by atoms with Gasteiger partial charge < -0.3 is 30.7 Å². The minimum absolute atomic E-state index is 0. The van der Waals surface area contributed by atoms with E-state index >= 15 is 0 Å². The SMILES string of the molecule is C.C.CC[C@@H](C)C(=O)N[C@H](C(=O)N1CC[C@@H]2[C@H]1[C@@H](C(=O)C[C@@H](C)c1ccccc1)CN2S(C)(=O)=O)C1CCCCC1.CC[C@@H](C)C(=O)N[C@H](C(=O)N1CC[C@@H]2[C@H]1[C@@H](C(=O)C[C@H](C)Cc1ccccc1)CN2S(C)(=O)=O)C1CCCCC1.CC[C@@H](C)C(=O)N[C@H](C(=O)N1CC[C@@H]2[C@H]1[C@@H](C(=O)C[C@H](C)c1ccccc1)CN2S(C)(=O)=O)C1CCCCC1. The number of nitrogens with zero attached hydrogens (tertiary/aromatic N) is 6. The fraction of sp³-hybridized carbons (Fsp3) is 0.710. The highest BCUT2D eigenvalue weighted by molar-refractivity contribution is 7.88. The summed E-state index contributed by atoms with van der Waals surface area (Å²) in [6, 6.07) is 25.0. The van der Waals surface area contributed by atoms with Crippen molar-refractivity contribution in [1.82, 2.24) is 43.6 Å². The molecule has 27 heteroatoms. The third-order valence-electron chi connectivity index (χ3n) is 28.1. The maximum absolute atomic E-state index is 14.3. The topological polar surface area (TPSA) is 312 Å². The summed E-state index contributed by atoms with van der Waals surface area (Å²) in [4.78, 5) is 128. The Hall–Kier alpha value is -6.78. The van der Waals surface area contributed by atoms with Crippen LogP contribution in [0.1, 0.15) is 260 Å². The van der Waals surface area contributed by atoms with Gasteiger partial charge in [-0.25, -0.2) is 25.3 Å². The van der Waals surface area contributed by atoms with E-state index in [2.05, 4.69) is 28.1 Å². The van der Waals surface area contributed by atoms with Gasteiger partial charge in [-0.15, -0.1) is 0 Å². The minimum Gasteiger partial charge on any atom is -0.344 e. The lowest BCUT2D eigenvalue weighted by molar-refractivity contribution is -0.141. The molecule has 0 bridgehead atoms. The van der Waals surface area contributed by atoms with Gasteiger partial charge in [0.15, 0.2) is 0 Å². The quantitative estimate of drug-likeness (QED) is 0.0539. The molecule has 24 nitrogen and oxygen atoms in total. The third kappa shape index (κ3) is 24.2. The molecule has 3 aromatic rings. The number of amides is 6. The van der Waals surface area contributed by atoms with Crippen molar-refractivity contribution in [2.75, 3.05) is 58.0 Å². The van der Waals surface area contributed by atoms with Crippen LogP contribution in [0.4, 0.5) is 0 Å². The minimum atomic E-state index is -3.55. The van der Waals surface area contributed by atoms with E-state index < -0.39 is 102 Å². The number of nitrogens with one attached hydrogen (secondary N) is 3. The summed E-state index contributed by atoms with van der Waals surface area (Å²) in [7, 11) is -10.7. The van der Waals surface area contributed by atoms with E-state index in [0.29, 0.717) is 64.6 Å². The second-order valence-electron chi connectivity index (χ2n) is 36.5. The van der Waals surface area contributed by atoms with E-state index in [4.69, 9.17) is 0 Å². The van der Waals surface area contributed by atoms with E-state index in [9.17, 15) is 68.4 Å². The van der Waals surface area contributed by atoms with E-state index in [0.717, 1.165) is 119 Å². The molecular formula is C93H145N9O15S3. The van der Waals surface area contributed by atoms with Crippen LogP contribution in [0.25, 0.3) is 0 Å². The molecule has 3 aromatic carbocycles. The molecule has 6 saturated heterocycles. The predicted octanol–water partition coefficient (Wildman–Crippen LogP) is 12.5. The van der Waals surface area contributed by atoms with Crippen molar-refractivity contribution in [2.24, 2.45) is 59.2 Å². The molecule has 3 saturated carbocycles. The Morgan fingerprint density at radius 3 is 0.883 bits per heavy atom. The van der Waals surface area contributed by atoms with Gasteiger partial charge in [-0.2, -0.15) is 12.9 Å². The molecule has 0 aromatic heterocycles. The van der Waals surface area contributed by atoms with Crippen LogP contribution in [-0.4, -0.2) is 218 Å². The van der Waals surface area contributed by atoms with E-state index in [-0.39, 0.29) is 153 Å². The van der Waals surface area contributed by atoms with Crippen LogP contribution < -0.4 is 16.0 Å². The van der Waals surface area contributed by atoms with Crippen molar-refractivity contribution in [1.29, 1.82) is 0 Å². The molecule has 18 atom stereocenters. The van der Waals surface area contributed by atoms with Crippen LogP contribution in [0.2, 0.25) is 0 Å². The lowest BCUT2D eigenvalue weighted by Gasteiger charge is -2.36. The molecule has 3 aliphatic carbocycles. The van der Waals surface area contributed by atoms with Gasteiger partial charge in [0.2, 0.25) is 65.5 Å². The van der Waals surface area contributed by atoms with Crippen LogP contribution in [-0.2, 0) is 79.6 Å². The zero-order valence-corrected chi connectivity index (χ0v) is 74.7. The number of Topliss-reactive ketones (excluding diaryl/α,β-unsaturated/α-hetero) is 3. The van der Waals surface area contributed by atoms with Gasteiger partial charge in [-0.1, -0.05) is 226 Å². The fourth-order valence-electron chi connectivity index (χ4n) is 20.7. The van der Waals surface area contributed by atoms with Gasteiger partial charge in [0.05, 0.1) is 54.6 Å². The fourth-order valence-corrected chi connectivity index (χ4v) is 24.2. The molecule has 6 heterocycles. The third-order valence-corrected chi connectivity index (χ3v) is 31.9. The highest BCUT2D eigenvalue weighted by atomic mass is 32.2. The molecule has 6 amide bonds. The van der Waals surface area contributed by atoms with Gasteiger partial charge in [-0.3, -0.25) is 43.2 Å². The second kappa shape index (κ2) is 44.2. The molecule has 0 unspecified atom stereocenters. The summed E-state index contributed by atoms with van der Waals surface area (Å²) in [6.45, 7) is 19.0. The first-order valence-corrected chi connectivity index (χ1v) is 50.1. The lowest BCUT2D eigenvalue weighted by Crippen LogP contribution is -2.56. The highest BCUT2D eigenvalue weighted by Crippen LogP contribution is 2.45. The molecule has 6 aliphatic heterocycles. The number of carbonyl (C=O) groups is 9. The lowest BCUT2D eigenvalue weighted by atomic mass is 9.82. The first kappa shape index (κ1) is 98.7. The predicted molar refractivity (Wildman–Crippen MR) is 472 cm³/mol. The van der Waals surface area contributed by atoms with Gasteiger partial charge in [0.25, 0.3) is 0 Å². The number of hydrogen-bond donors (Lipinski definition) is 3. The van der Waals surface area contributed by atoms with Crippen molar-refractivity contribution in [3.63, 3.8) is 0 Å². The summed E-state index contributed by atoms with van der Waals surface area (Å²) in [6.07, 6.45) is 23.6. The molecular weight excluding hydrogens is 1580 g/mol. The Morgan fingerprint density at radius 2 is 0.625 bits per heavy atom. The Bertz CT molecular complexity index is 4100. The number of carbonyl (C=O) groups excluding carboxylic acids is 9. The van der Waals surface area contributed by atoms with E-state index in [1.807, 2.05) is 141 Å². The van der Waals surface area contributed by atoms with Crippen LogP contribution in [0.15, 0.2) is 91.0 Å². The Balaban J connectivity index is 0.000000222. The largest absolute Gasteiger partial charge is 0.344 e. The average molecular weight is 1730 g/mol. The molecule has 120 heavy (non-hydrogen) atoms. The standard InChI is InChI=1S/C31H47N3O5S.2C30H45N3O5S.2CH4/c1-5-22(3)30(36)32-28(24-14-10-7-11-15-24)31(37)33-17-16-26-29(33)25(20-34(26)40(4,38)39)27(35)19-21(2)18-23-12-8-6-9-13-23;2*1-5-20(2)29(35)31-27(23-14-10-7-11-15-23)30(36)32-17-16-25-28(32)24(19-33(25)39(4,37)38)26(34)18-21(3)22-12-8-6-9-13-22;;/h6,8-9,12-13,21-22,24-26,28-29H,5,7,10-11,14-20H2,1-4H3,(H,32,36);2*6,8-9,12-13,20-21,23-25,27-28H,5,7,10-11,14-19H2,1-4H3,(H,31,35);2*1H4/t21-,22-,25-,26-,28+,29-;20-,21+,24-,25-,27+,28-;20-,21-,24-,25-,27+,28-;;/m111../s1. The number of likely N-dealkylation sites (tertiary alicyclic amines) is 3. The Morgan fingerprint density at radius 1 is 0.367 bits per heavy atom. The summed E-state index contributed by atoms with van der Waals surface area (Å²) < 4.78 is 80.9. The van der Waals surface area contributed by atoms with E-state index in [1.165, 1.54) is 31.7 Å². The molecule has 9 fully saturated rings. The van der Waals surface area contributed by atoms with Crippen LogP contribution >= 0.6 is 0 Å². The number of fused-ring (bicyclic) bond motifs is 3. The second-order valence-corrected chi connectivity index (χ2v) is 42.3. The number of benzene rings is 3. The van der Waals surface area contributed by atoms with E-state index in [1.54, 1.807) is 14.7 Å². The van der Waals surface area contributed by atoms with Crippen molar-refractivity contribution >= 4 is 82.9 Å². The smallest absolute Gasteiger partial charge is 0.245 e. The van der Waals surface area contributed by atoms with Crippen molar-refractivity contribution < 1.29 is 68.4 Å². The Kier molecular flexibility index (Phi) is 36.3. The summed E-state index contributed by atoms with van der Waals surface area (Å²) >= 11 is 0. The molecule has 0 spiro atoms. The molecule has 9 aliphatic rings. The monoisotopic (exact) mass is 1720 g/mol.